The monoisotopic (exact) mass is 368 g/mol. The lowest BCUT2D eigenvalue weighted by Gasteiger charge is -2.20. The van der Waals surface area contributed by atoms with Crippen LogP contribution in [0.25, 0.3) is 6.08 Å². The number of benzene rings is 1. The Balaban J connectivity index is 2.10. The van der Waals surface area contributed by atoms with Gasteiger partial charge in [0.15, 0.2) is 5.84 Å². The summed E-state index contributed by atoms with van der Waals surface area (Å²) in [5, 5.41) is 15.5. The first-order chi connectivity index (χ1) is 10.9. The normalized spacial score (nSPS) is 19.0. The number of methoxy groups -OCH3 is 1. The van der Waals surface area contributed by atoms with Crippen LogP contribution in [0.2, 0.25) is 10.0 Å². The average Bonchev–Trinajstić information content (AvgIpc) is 2.83. The molecule has 6 nitrogen and oxygen atoms in total. The zero-order valence-corrected chi connectivity index (χ0v) is 14.4. The number of hydrazone groups is 1. The molecule has 2 aliphatic rings. The first kappa shape index (κ1) is 16.0. The van der Waals surface area contributed by atoms with Crippen LogP contribution in [0.4, 0.5) is 0 Å². The van der Waals surface area contributed by atoms with Crippen molar-refractivity contribution < 1.29 is 9.53 Å². The topological polar surface area (TPSA) is 78.1 Å². The number of hydrogen-bond acceptors (Lipinski definition) is 5. The van der Waals surface area contributed by atoms with Gasteiger partial charge in [-0.15, -0.1) is 0 Å². The molecule has 0 bridgehead atoms. The molecular weight excluding hydrogens is 359 g/mol. The summed E-state index contributed by atoms with van der Waals surface area (Å²) in [5.74, 6) is -0.200. The van der Waals surface area contributed by atoms with Crippen molar-refractivity contribution in [1.29, 1.82) is 5.41 Å². The van der Waals surface area contributed by atoms with Crippen LogP contribution in [0.5, 0.6) is 5.75 Å². The van der Waals surface area contributed by atoms with Gasteiger partial charge in [0.2, 0.25) is 5.17 Å². The van der Waals surface area contributed by atoms with Crippen LogP contribution in [-0.2, 0) is 4.79 Å². The van der Waals surface area contributed by atoms with Crippen LogP contribution >= 0.6 is 35.0 Å². The molecule has 0 atom stereocenters. The number of hydrogen-bond donors (Lipinski definition) is 1. The van der Waals surface area contributed by atoms with Crippen LogP contribution in [0, 0.1) is 5.41 Å². The SMILES string of the molecule is COc1c(Cl)cc(Cl)cc1/C=C1\C(=N)N2N=C(C)SC2=NC1=O. The van der Waals surface area contributed by atoms with Gasteiger partial charge in [0.1, 0.15) is 5.75 Å². The first-order valence-electron chi connectivity index (χ1n) is 6.40. The Morgan fingerprint density at radius 3 is 2.83 bits per heavy atom. The highest BCUT2D eigenvalue weighted by atomic mass is 35.5. The van der Waals surface area contributed by atoms with E-state index in [1.54, 1.807) is 19.1 Å². The summed E-state index contributed by atoms with van der Waals surface area (Å²) in [5.41, 5.74) is 0.578. The third-order valence-electron chi connectivity index (χ3n) is 3.10. The quantitative estimate of drug-likeness (QED) is 0.808. The number of nitrogens with zero attached hydrogens (tertiary/aromatic N) is 3. The molecule has 9 heteroatoms. The molecule has 0 spiro atoms. The highest BCUT2D eigenvalue weighted by Gasteiger charge is 2.34. The van der Waals surface area contributed by atoms with Gasteiger partial charge in [-0.25, -0.2) is 0 Å². The molecule has 2 heterocycles. The van der Waals surface area contributed by atoms with Crippen molar-refractivity contribution in [2.24, 2.45) is 10.1 Å². The average molecular weight is 369 g/mol. The molecule has 0 saturated carbocycles. The van der Waals surface area contributed by atoms with Gasteiger partial charge in [0.25, 0.3) is 5.91 Å². The van der Waals surface area contributed by atoms with E-state index in [9.17, 15) is 4.79 Å². The Bertz CT molecular complexity index is 832. The molecule has 23 heavy (non-hydrogen) atoms. The molecule has 0 radical (unpaired) electrons. The first-order valence-corrected chi connectivity index (χ1v) is 7.98. The molecule has 0 saturated heterocycles. The largest absolute Gasteiger partial charge is 0.495 e. The van der Waals surface area contributed by atoms with E-state index in [1.165, 1.54) is 30.0 Å². The number of halogens is 2. The predicted molar refractivity (Wildman–Crippen MR) is 93.7 cm³/mol. The van der Waals surface area contributed by atoms with E-state index < -0.39 is 5.91 Å². The van der Waals surface area contributed by atoms with Gasteiger partial charge < -0.3 is 4.74 Å². The zero-order chi connectivity index (χ0) is 16.7. The number of fused-ring (bicyclic) bond motifs is 1. The third kappa shape index (κ3) is 2.87. The smallest absolute Gasteiger partial charge is 0.283 e. The lowest BCUT2D eigenvalue weighted by Crippen LogP contribution is -2.35. The van der Waals surface area contributed by atoms with E-state index >= 15 is 0 Å². The summed E-state index contributed by atoms with van der Waals surface area (Å²) >= 11 is 13.3. The number of carbonyl (C=O) groups excluding carboxylic acids is 1. The van der Waals surface area contributed by atoms with Crippen molar-refractivity contribution in [3.63, 3.8) is 0 Å². The predicted octanol–water partition coefficient (Wildman–Crippen LogP) is 3.64. The summed E-state index contributed by atoms with van der Waals surface area (Å²) < 4.78 is 5.25. The molecule has 0 unspecified atom stereocenters. The molecule has 3 rings (SSSR count). The Hall–Kier alpha value is -1.83. The minimum absolute atomic E-state index is 0.0532. The standard InChI is InChI=1S/C14H10Cl2N4O2S/c1-6-19-20-12(17)9(13(21)18-14(20)23-6)4-7-3-8(15)5-10(16)11(7)22-2/h3-5,17H,1-2H3/b9-4+,17-12?. The maximum absolute atomic E-state index is 12.2. The van der Waals surface area contributed by atoms with E-state index in [0.29, 0.717) is 31.6 Å². The zero-order valence-electron chi connectivity index (χ0n) is 12.1. The maximum Gasteiger partial charge on any atom is 0.283 e. The van der Waals surface area contributed by atoms with Crippen molar-refractivity contribution in [3.05, 3.63) is 33.3 Å². The van der Waals surface area contributed by atoms with Crippen LogP contribution in [0.15, 0.2) is 27.8 Å². The van der Waals surface area contributed by atoms with E-state index in [0.717, 1.165) is 0 Å². The highest BCUT2D eigenvalue weighted by molar-refractivity contribution is 8.26. The van der Waals surface area contributed by atoms with Crippen molar-refractivity contribution in [3.8, 4) is 5.75 Å². The summed E-state index contributed by atoms with van der Waals surface area (Å²) in [4.78, 5) is 16.2. The van der Waals surface area contributed by atoms with Crippen LogP contribution in [0.1, 0.15) is 12.5 Å². The Kier molecular flexibility index (Phi) is 4.18. The third-order valence-corrected chi connectivity index (χ3v) is 4.42. The summed E-state index contributed by atoms with van der Waals surface area (Å²) in [6, 6.07) is 3.14. The fourth-order valence-electron chi connectivity index (χ4n) is 2.15. The Labute approximate surface area is 146 Å². The van der Waals surface area contributed by atoms with Crippen LogP contribution in [0.3, 0.4) is 0 Å². The second-order valence-electron chi connectivity index (χ2n) is 4.65. The van der Waals surface area contributed by atoms with E-state index in [2.05, 4.69) is 10.1 Å². The lowest BCUT2D eigenvalue weighted by molar-refractivity contribution is -0.114. The highest BCUT2D eigenvalue weighted by Crippen LogP contribution is 2.35. The van der Waals surface area contributed by atoms with Gasteiger partial charge in [-0.05, 0) is 36.9 Å². The molecule has 2 aliphatic heterocycles. The van der Waals surface area contributed by atoms with Gasteiger partial charge in [-0.1, -0.05) is 23.2 Å². The Morgan fingerprint density at radius 1 is 1.39 bits per heavy atom. The van der Waals surface area contributed by atoms with Crippen molar-refractivity contribution >= 4 is 63.0 Å². The summed E-state index contributed by atoms with van der Waals surface area (Å²) in [6.07, 6.45) is 1.48. The van der Waals surface area contributed by atoms with Crippen LogP contribution in [-0.4, -0.2) is 34.1 Å². The summed E-state index contributed by atoms with van der Waals surface area (Å²) in [7, 11) is 1.46. The van der Waals surface area contributed by atoms with Crippen molar-refractivity contribution in [2.45, 2.75) is 6.92 Å². The van der Waals surface area contributed by atoms with Crippen molar-refractivity contribution in [1.82, 2.24) is 5.01 Å². The van der Waals surface area contributed by atoms with E-state index in [-0.39, 0.29) is 11.4 Å². The molecule has 118 valence electrons. The number of ether oxygens (including phenoxy) is 1. The number of rotatable bonds is 2. The molecule has 0 aliphatic carbocycles. The Morgan fingerprint density at radius 2 is 2.13 bits per heavy atom. The minimum Gasteiger partial charge on any atom is -0.495 e. The van der Waals surface area contributed by atoms with E-state index in [4.69, 9.17) is 33.3 Å². The van der Waals surface area contributed by atoms with Gasteiger partial charge >= 0.3 is 0 Å². The van der Waals surface area contributed by atoms with Gasteiger partial charge in [-0.3, -0.25) is 10.2 Å². The molecule has 1 amide bonds. The van der Waals surface area contributed by atoms with Crippen molar-refractivity contribution in [2.75, 3.05) is 7.11 Å². The van der Waals surface area contributed by atoms with E-state index in [1.807, 2.05) is 0 Å². The molecule has 1 aromatic carbocycles. The lowest BCUT2D eigenvalue weighted by atomic mass is 10.1. The molecular formula is C14H10Cl2N4O2S. The number of amidine groups is 2. The number of amides is 1. The van der Waals surface area contributed by atoms with Crippen LogP contribution < -0.4 is 4.74 Å². The molecule has 0 aromatic heterocycles. The number of nitrogens with one attached hydrogen (secondary N) is 1. The molecule has 1 N–H and O–H groups in total. The second kappa shape index (κ2) is 5.99. The number of thioether (sulfide) groups is 1. The second-order valence-corrected chi connectivity index (χ2v) is 6.65. The molecule has 1 aromatic rings. The minimum atomic E-state index is -0.517. The van der Waals surface area contributed by atoms with Gasteiger partial charge in [0, 0.05) is 10.6 Å². The molecule has 0 fully saturated rings. The maximum atomic E-state index is 12.2. The number of carbonyl (C=O) groups is 1. The fraction of sp³-hybridized carbons (Fsp3) is 0.143. The fourth-order valence-corrected chi connectivity index (χ4v) is 3.47. The van der Waals surface area contributed by atoms with Gasteiger partial charge in [0.05, 0.1) is 22.7 Å². The summed E-state index contributed by atoms with van der Waals surface area (Å²) in [6.45, 7) is 1.78. The number of aliphatic imine (C=N–C) groups is 1. The van der Waals surface area contributed by atoms with Gasteiger partial charge in [-0.2, -0.15) is 15.1 Å².